The van der Waals surface area contributed by atoms with Gasteiger partial charge in [-0.2, -0.15) is 0 Å². The average molecular weight is 344 g/mol. The van der Waals surface area contributed by atoms with E-state index in [4.69, 9.17) is 4.74 Å². The normalized spacial score (nSPS) is 54.4. The molecule has 0 radical (unpaired) electrons. The summed E-state index contributed by atoms with van der Waals surface area (Å²) < 4.78 is 5.72. The van der Waals surface area contributed by atoms with Gasteiger partial charge >= 0.3 is 0 Å². The second kappa shape index (κ2) is 4.83. The molecule has 1 heterocycles. The Kier molecular flexibility index (Phi) is 3.13. The van der Waals surface area contributed by atoms with Crippen LogP contribution in [0.25, 0.3) is 0 Å². The van der Waals surface area contributed by atoms with E-state index in [1.807, 2.05) is 6.08 Å². The summed E-state index contributed by atoms with van der Waals surface area (Å²) in [5, 5.41) is 11.3. The van der Waals surface area contributed by atoms with Crippen LogP contribution in [0.15, 0.2) is 11.6 Å². The highest BCUT2D eigenvalue weighted by atomic mass is 16.5. The minimum Gasteiger partial charge on any atom is -0.379 e. The van der Waals surface area contributed by atoms with Crippen molar-refractivity contribution in [3.8, 4) is 0 Å². The molecule has 1 N–H and O–H groups in total. The molecule has 5 rings (SSSR count). The predicted molar refractivity (Wildman–Crippen MR) is 91.8 cm³/mol. The molecule has 5 aliphatic rings. The van der Waals surface area contributed by atoms with Crippen LogP contribution in [0.3, 0.4) is 0 Å². The first-order chi connectivity index (χ1) is 11.8. The molecule has 4 nitrogen and oxygen atoms in total. The molecule has 3 saturated carbocycles. The first-order valence-corrected chi connectivity index (χ1v) is 9.92. The third-order valence-corrected chi connectivity index (χ3v) is 9.00. The maximum Gasteiger partial charge on any atom is 0.193 e. The van der Waals surface area contributed by atoms with Crippen molar-refractivity contribution >= 4 is 11.6 Å². The SMILES string of the molecule is CC12CCC(=O)C=C1CCC1C2CCC2(C)C1CC1OCC(=O)C12O. The molecule has 0 bridgehead atoms. The van der Waals surface area contributed by atoms with Gasteiger partial charge in [0, 0.05) is 11.8 Å². The van der Waals surface area contributed by atoms with E-state index in [0.717, 1.165) is 38.5 Å². The van der Waals surface area contributed by atoms with Crippen molar-refractivity contribution in [2.45, 2.75) is 70.5 Å². The summed E-state index contributed by atoms with van der Waals surface area (Å²) in [5.74, 6) is 1.62. The number of fused-ring (bicyclic) bond motifs is 7. The minimum absolute atomic E-state index is 0.0737. The average Bonchev–Trinajstić information content (AvgIpc) is 2.99. The molecule has 0 spiro atoms. The van der Waals surface area contributed by atoms with Gasteiger partial charge in [-0.05, 0) is 67.8 Å². The van der Waals surface area contributed by atoms with Crippen molar-refractivity contribution in [1.29, 1.82) is 0 Å². The molecule has 7 atom stereocenters. The van der Waals surface area contributed by atoms with Gasteiger partial charge < -0.3 is 9.84 Å². The van der Waals surface area contributed by atoms with E-state index in [1.54, 1.807) is 0 Å². The van der Waals surface area contributed by atoms with Crippen molar-refractivity contribution < 1.29 is 19.4 Å². The molecule has 4 fully saturated rings. The zero-order valence-electron chi connectivity index (χ0n) is 15.2. The number of allylic oxidation sites excluding steroid dienone is 1. The van der Waals surface area contributed by atoms with Crippen LogP contribution in [0, 0.1) is 28.6 Å². The number of ether oxygens (including phenoxy) is 1. The largest absolute Gasteiger partial charge is 0.379 e. The van der Waals surface area contributed by atoms with Crippen molar-refractivity contribution in [2.24, 2.45) is 28.6 Å². The van der Waals surface area contributed by atoms with Crippen LogP contribution in [-0.4, -0.2) is 35.0 Å². The molecule has 0 aromatic heterocycles. The lowest BCUT2D eigenvalue weighted by atomic mass is 9.46. The van der Waals surface area contributed by atoms with E-state index in [2.05, 4.69) is 13.8 Å². The summed E-state index contributed by atoms with van der Waals surface area (Å²) in [6.45, 7) is 4.57. The lowest BCUT2D eigenvalue weighted by Crippen LogP contribution is -2.58. The standard InChI is InChI=1S/C21H28O4/c1-19-7-5-13(22)9-12(19)3-4-14-15(19)6-8-20(2)16(14)10-18-21(20,24)17(23)11-25-18/h9,14-16,18,24H,3-8,10-11H2,1-2H3. The van der Waals surface area contributed by atoms with Crippen LogP contribution in [0.1, 0.15) is 58.8 Å². The van der Waals surface area contributed by atoms with Gasteiger partial charge in [-0.1, -0.05) is 19.4 Å². The summed E-state index contributed by atoms with van der Waals surface area (Å²) in [7, 11) is 0. The third-order valence-electron chi connectivity index (χ3n) is 9.00. The number of Topliss-reactive ketones (excluding diaryl/α,β-unsaturated/α-hetero) is 1. The molecule has 1 aliphatic heterocycles. The number of hydrogen-bond acceptors (Lipinski definition) is 4. The molecule has 136 valence electrons. The van der Waals surface area contributed by atoms with Crippen LogP contribution in [0.2, 0.25) is 0 Å². The van der Waals surface area contributed by atoms with Crippen LogP contribution in [0.4, 0.5) is 0 Å². The Labute approximate surface area is 149 Å². The second-order valence-electron chi connectivity index (χ2n) is 9.65. The fourth-order valence-electron chi connectivity index (χ4n) is 7.53. The lowest BCUT2D eigenvalue weighted by molar-refractivity contribution is -0.159. The van der Waals surface area contributed by atoms with E-state index in [-0.39, 0.29) is 35.1 Å². The van der Waals surface area contributed by atoms with E-state index < -0.39 is 5.60 Å². The Hall–Kier alpha value is -1.00. The molecule has 7 unspecified atom stereocenters. The third kappa shape index (κ3) is 1.76. The second-order valence-corrected chi connectivity index (χ2v) is 9.65. The van der Waals surface area contributed by atoms with Gasteiger partial charge in [0.05, 0.1) is 6.10 Å². The molecule has 4 heteroatoms. The Balaban J connectivity index is 1.53. The summed E-state index contributed by atoms with van der Waals surface area (Å²) in [5.41, 5.74) is -0.141. The Morgan fingerprint density at radius 3 is 2.72 bits per heavy atom. The highest BCUT2D eigenvalue weighted by Gasteiger charge is 2.72. The molecule has 0 aromatic rings. The Morgan fingerprint density at radius 1 is 1.12 bits per heavy atom. The topological polar surface area (TPSA) is 63.6 Å². The maximum atomic E-state index is 12.5. The van der Waals surface area contributed by atoms with Gasteiger partial charge in [-0.15, -0.1) is 0 Å². The molecule has 1 saturated heterocycles. The van der Waals surface area contributed by atoms with Gasteiger partial charge in [-0.3, -0.25) is 9.59 Å². The highest BCUT2D eigenvalue weighted by Crippen LogP contribution is 2.68. The predicted octanol–water partition coefficient (Wildman–Crippen LogP) is 2.83. The van der Waals surface area contributed by atoms with Gasteiger partial charge in [0.25, 0.3) is 0 Å². The molecular formula is C21H28O4. The fraction of sp³-hybridized carbons (Fsp3) is 0.810. The van der Waals surface area contributed by atoms with Crippen LogP contribution in [-0.2, 0) is 14.3 Å². The van der Waals surface area contributed by atoms with Crippen molar-refractivity contribution in [3.05, 3.63) is 11.6 Å². The highest BCUT2D eigenvalue weighted by molar-refractivity contribution is 5.92. The van der Waals surface area contributed by atoms with E-state index >= 15 is 0 Å². The first-order valence-electron chi connectivity index (χ1n) is 9.92. The Morgan fingerprint density at radius 2 is 1.92 bits per heavy atom. The summed E-state index contributed by atoms with van der Waals surface area (Å²) in [6.07, 6.45) is 8.06. The summed E-state index contributed by atoms with van der Waals surface area (Å²) >= 11 is 0. The van der Waals surface area contributed by atoms with Crippen molar-refractivity contribution in [1.82, 2.24) is 0 Å². The smallest absolute Gasteiger partial charge is 0.193 e. The van der Waals surface area contributed by atoms with Crippen LogP contribution in [0.5, 0.6) is 0 Å². The Bertz CT molecular complexity index is 696. The molecule has 0 aromatic carbocycles. The maximum absolute atomic E-state index is 12.5. The van der Waals surface area contributed by atoms with E-state index in [9.17, 15) is 14.7 Å². The quantitative estimate of drug-likeness (QED) is 0.734. The number of aliphatic hydroxyl groups is 1. The van der Waals surface area contributed by atoms with Gasteiger partial charge in [0.15, 0.2) is 17.2 Å². The lowest BCUT2D eigenvalue weighted by Gasteiger charge is -2.58. The van der Waals surface area contributed by atoms with E-state index in [1.165, 1.54) is 5.57 Å². The number of rotatable bonds is 0. The number of carbonyl (C=O) groups is 2. The monoisotopic (exact) mass is 344 g/mol. The van der Waals surface area contributed by atoms with Crippen molar-refractivity contribution in [3.63, 3.8) is 0 Å². The molecular weight excluding hydrogens is 316 g/mol. The number of carbonyl (C=O) groups excluding carboxylic acids is 2. The van der Waals surface area contributed by atoms with Gasteiger partial charge in [0.2, 0.25) is 0 Å². The zero-order valence-corrected chi connectivity index (χ0v) is 15.2. The molecule has 0 amide bonds. The first kappa shape index (κ1) is 16.2. The molecule has 25 heavy (non-hydrogen) atoms. The van der Waals surface area contributed by atoms with Gasteiger partial charge in [-0.25, -0.2) is 0 Å². The minimum atomic E-state index is -1.28. The summed E-state index contributed by atoms with van der Waals surface area (Å²) in [6, 6.07) is 0. The van der Waals surface area contributed by atoms with Gasteiger partial charge in [0.1, 0.15) is 6.61 Å². The van der Waals surface area contributed by atoms with E-state index in [0.29, 0.717) is 24.2 Å². The fourth-order valence-corrected chi connectivity index (χ4v) is 7.53. The zero-order chi connectivity index (χ0) is 17.6. The van der Waals surface area contributed by atoms with Crippen LogP contribution < -0.4 is 0 Å². The summed E-state index contributed by atoms with van der Waals surface area (Å²) in [4.78, 5) is 24.4. The molecule has 4 aliphatic carbocycles. The number of hydrogen-bond donors (Lipinski definition) is 1. The van der Waals surface area contributed by atoms with Crippen molar-refractivity contribution in [2.75, 3.05) is 6.61 Å². The van der Waals surface area contributed by atoms with Crippen LogP contribution >= 0.6 is 0 Å². The number of ketones is 2.